The van der Waals surface area contributed by atoms with Crippen LogP contribution in [0.5, 0.6) is 11.5 Å². The van der Waals surface area contributed by atoms with E-state index in [2.05, 4.69) is 47.1 Å². The second-order valence-electron chi connectivity index (χ2n) is 7.03. The molecule has 0 bridgehead atoms. The molecule has 0 aromatic heterocycles. The van der Waals surface area contributed by atoms with Gasteiger partial charge in [-0.1, -0.05) is 29.8 Å². The Morgan fingerprint density at radius 1 is 1.11 bits per heavy atom. The summed E-state index contributed by atoms with van der Waals surface area (Å²) in [7, 11) is 0. The first-order chi connectivity index (χ1) is 13.1. The lowest BCUT2D eigenvalue weighted by Crippen LogP contribution is -2.43. The molecular formula is C22H29N3O2. The summed E-state index contributed by atoms with van der Waals surface area (Å²) in [4.78, 5) is 2.47. The Balaban J connectivity index is 1.55. The number of rotatable bonds is 6. The van der Waals surface area contributed by atoms with Crippen molar-refractivity contribution < 1.29 is 9.84 Å². The van der Waals surface area contributed by atoms with Gasteiger partial charge in [0.1, 0.15) is 0 Å². The van der Waals surface area contributed by atoms with E-state index in [1.807, 2.05) is 19.1 Å². The van der Waals surface area contributed by atoms with Gasteiger partial charge in [0.2, 0.25) is 0 Å². The third kappa shape index (κ3) is 5.01. The molecular weight excluding hydrogens is 338 g/mol. The van der Waals surface area contributed by atoms with Crippen molar-refractivity contribution in [2.24, 2.45) is 5.10 Å². The number of hydrazone groups is 1. The molecule has 5 nitrogen and oxygen atoms in total. The van der Waals surface area contributed by atoms with E-state index >= 15 is 0 Å². The second-order valence-corrected chi connectivity index (χ2v) is 7.03. The fourth-order valence-corrected chi connectivity index (χ4v) is 3.33. The molecule has 144 valence electrons. The van der Waals surface area contributed by atoms with E-state index in [0.717, 1.165) is 32.7 Å². The molecule has 1 heterocycles. The van der Waals surface area contributed by atoms with Crippen LogP contribution in [0.2, 0.25) is 0 Å². The summed E-state index contributed by atoms with van der Waals surface area (Å²) in [5, 5.41) is 16.9. The number of hydrogen-bond donors (Lipinski definition) is 1. The van der Waals surface area contributed by atoms with Gasteiger partial charge in [0, 0.05) is 38.3 Å². The van der Waals surface area contributed by atoms with Gasteiger partial charge in [-0.15, -0.1) is 0 Å². The van der Waals surface area contributed by atoms with Crippen LogP contribution in [0, 0.1) is 13.8 Å². The molecule has 5 heteroatoms. The third-order valence-corrected chi connectivity index (χ3v) is 4.93. The van der Waals surface area contributed by atoms with Crippen molar-refractivity contribution in [1.82, 2.24) is 9.91 Å². The SMILES string of the molecule is CCOc1cccc(/C=N/N2CCN(Cc3ccc(C)cc3C)CC2)c1O. The molecule has 1 saturated heterocycles. The molecule has 0 atom stereocenters. The van der Waals surface area contributed by atoms with Crippen LogP contribution in [-0.4, -0.2) is 54.0 Å². The zero-order valence-electron chi connectivity index (χ0n) is 16.5. The Morgan fingerprint density at radius 2 is 1.89 bits per heavy atom. The van der Waals surface area contributed by atoms with Gasteiger partial charge in [-0.25, -0.2) is 0 Å². The van der Waals surface area contributed by atoms with Gasteiger partial charge in [-0.3, -0.25) is 9.91 Å². The third-order valence-electron chi connectivity index (χ3n) is 4.93. The molecule has 1 fully saturated rings. The van der Waals surface area contributed by atoms with Crippen LogP contribution >= 0.6 is 0 Å². The van der Waals surface area contributed by atoms with Crippen molar-refractivity contribution in [2.45, 2.75) is 27.3 Å². The summed E-state index contributed by atoms with van der Waals surface area (Å²) in [6, 6.07) is 12.2. The molecule has 0 radical (unpaired) electrons. The maximum atomic E-state index is 10.3. The zero-order valence-corrected chi connectivity index (χ0v) is 16.5. The first-order valence-electron chi connectivity index (χ1n) is 9.59. The quantitative estimate of drug-likeness (QED) is 0.793. The Morgan fingerprint density at radius 3 is 2.59 bits per heavy atom. The number of piperazine rings is 1. The molecule has 0 amide bonds. The minimum Gasteiger partial charge on any atom is -0.504 e. The monoisotopic (exact) mass is 367 g/mol. The van der Waals surface area contributed by atoms with Crippen LogP contribution in [0.15, 0.2) is 41.5 Å². The van der Waals surface area contributed by atoms with Gasteiger partial charge in [-0.2, -0.15) is 5.10 Å². The van der Waals surface area contributed by atoms with Crippen molar-refractivity contribution in [2.75, 3.05) is 32.8 Å². The van der Waals surface area contributed by atoms with E-state index in [-0.39, 0.29) is 5.75 Å². The van der Waals surface area contributed by atoms with Crippen molar-refractivity contribution in [3.63, 3.8) is 0 Å². The van der Waals surface area contributed by atoms with E-state index < -0.39 is 0 Å². The number of phenols is 1. The van der Waals surface area contributed by atoms with E-state index in [9.17, 15) is 5.11 Å². The summed E-state index contributed by atoms with van der Waals surface area (Å²) < 4.78 is 5.42. The molecule has 0 spiro atoms. The minimum atomic E-state index is 0.150. The predicted molar refractivity (Wildman–Crippen MR) is 110 cm³/mol. The predicted octanol–water partition coefficient (Wildman–Crippen LogP) is 3.56. The van der Waals surface area contributed by atoms with Crippen LogP contribution in [-0.2, 0) is 6.54 Å². The standard InChI is InChI=1S/C22H29N3O2/c1-4-27-21-7-5-6-19(22(21)26)15-23-25-12-10-24(11-13-25)16-20-9-8-17(2)14-18(20)3/h5-9,14-15,26H,4,10-13,16H2,1-3H3/b23-15+. The molecule has 2 aromatic carbocycles. The number of benzene rings is 2. The average molecular weight is 367 g/mol. The topological polar surface area (TPSA) is 48.3 Å². The lowest BCUT2D eigenvalue weighted by Gasteiger charge is -2.33. The Kier molecular flexibility index (Phi) is 6.35. The van der Waals surface area contributed by atoms with Crippen LogP contribution < -0.4 is 4.74 Å². The molecule has 1 aliphatic rings. The largest absolute Gasteiger partial charge is 0.504 e. The van der Waals surface area contributed by atoms with Gasteiger partial charge in [-0.05, 0) is 44.0 Å². The molecule has 0 saturated carbocycles. The van der Waals surface area contributed by atoms with Gasteiger partial charge in [0.15, 0.2) is 11.5 Å². The minimum absolute atomic E-state index is 0.150. The molecule has 0 unspecified atom stereocenters. The summed E-state index contributed by atoms with van der Waals surface area (Å²) in [5.74, 6) is 0.649. The van der Waals surface area contributed by atoms with E-state index in [4.69, 9.17) is 4.74 Å². The first kappa shape index (κ1) is 19.2. The van der Waals surface area contributed by atoms with Crippen LogP contribution in [0.3, 0.4) is 0 Å². The number of ether oxygens (including phenoxy) is 1. The maximum absolute atomic E-state index is 10.3. The van der Waals surface area contributed by atoms with Crippen LogP contribution in [0.1, 0.15) is 29.2 Å². The Labute approximate surface area is 161 Å². The highest BCUT2D eigenvalue weighted by molar-refractivity contribution is 5.84. The second kappa shape index (κ2) is 8.91. The normalized spacial score (nSPS) is 15.4. The van der Waals surface area contributed by atoms with Gasteiger partial charge >= 0.3 is 0 Å². The summed E-state index contributed by atoms with van der Waals surface area (Å²) >= 11 is 0. The van der Waals surface area contributed by atoms with Crippen molar-refractivity contribution >= 4 is 6.21 Å². The van der Waals surface area contributed by atoms with Crippen LogP contribution in [0.4, 0.5) is 0 Å². The van der Waals surface area contributed by atoms with Crippen molar-refractivity contribution in [1.29, 1.82) is 0 Å². The molecule has 1 aliphatic heterocycles. The highest BCUT2D eigenvalue weighted by Crippen LogP contribution is 2.28. The van der Waals surface area contributed by atoms with Gasteiger partial charge < -0.3 is 9.84 Å². The fraction of sp³-hybridized carbons (Fsp3) is 0.409. The average Bonchev–Trinajstić information content (AvgIpc) is 2.66. The molecule has 0 aliphatic carbocycles. The highest BCUT2D eigenvalue weighted by atomic mass is 16.5. The number of hydrogen-bond acceptors (Lipinski definition) is 5. The van der Waals surface area contributed by atoms with Gasteiger partial charge in [0.25, 0.3) is 0 Å². The number of phenolic OH excluding ortho intramolecular Hbond substituents is 1. The Hall–Kier alpha value is -2.53. The molecule has 3 rings (SSSR count). The molecule has 2 aromatic rings. The maximum Gasteiger partial charge on any atom is 0.166 e. The smallest absolute Gasteiger partial charge is 0.166 e. The lowest BCUT2D eigenvalue weighted by molar-refractivity contribution is 0.131. The van der Waals surface area contributed by atoms with Gasteiger partial charge in [0.05, 0.1) is 12.8 Å². The zero-order chi connectivity index (χ0) is 19.2. The number of nitrogens with zero attached hydrogens (tertiary/aromatic N) is 3. The fourth-order valence-electron chi connectivity index (χ4n) is 3.33. The summed E-state index contributed by atoms with van der Waals surface area (Å²) in [6.45, 7) is 11.5. The van der Waals surface area contributed by atoms with E-state index in [1.165, 1.54) is 16.7 Å². The summed E-state index contributed by atoms with van der Waals surface area (Å²) in [6.07, 6.45) is 1.72. The number of aromatic hydroxyl groups is 1. The highest BCUT2D eigenvalue weighted by Gasteiger charge is 2.16. The molecule has 27 heavy (non-hydrogen) atoms. The Bertz CT molecular complexity index is 796. The van der Waals surface area contributed by atoms with Crippen LogP contribution in [0.25, 0.3) is 0 Å². The van der Waals surface area contributed by atoms with Crippen molar-refractivity contribution in [3.05, 3.63) is 58.7 Å². The number of aryl methyl sites for hydroxylation is 2. The first-order valence-corrected chi connectivity index (χ1v) is 9.59. The summed E-state index contributed by atoms with van der Waals surface area (Å²) in [5.41, 5.74) is 4.75. The lowest BCUT2D eigenvalue weighted by atomic mass is 10.1. The number of para-hydroxylation sites is 1. The van der Waals surface area contributed by atoms with E-state index in [0.29, 0.717) is 17.9 Å². The van der Waals surface area contributed by atoms with E-state index in [1.54, 1.807) is 12.3 Å². The molecule has 1 N–H and O–H groups in total. The van der Waals surface area contributed by atoms with Crippen molar-refractivity contribution in [3.8, 4) is 11.5 Å².